The number of hydrogen-bond acceptors (Lipinski definition) is 6. The summed E-state index contributed by atoms with van der Waals surface area (Å²) in [6, 6.07) is 8.67. The maximum Gasteiger partial charge on any atom is 0.418 e. The highest BCUT2D eigenvalue weighted by Crippen LogP contribution is 2.43. The number of aromatic nitrogens is 5. The van der Waals surface area contributed by atoms with Crippen LogP contribution in [0.2, 0.25) is 0 Å². The molecule has 1 unspecified atom stereocenters. The Morgan fingerprint density at radius 2 is 2.00 bits per heavy atom. The second-order valence-corrected chi connectivity index (χ2v) is 11.4. The zero-order valence-corrected chi connectivity index (χ0v) is 23.6. The molecule has 1 aliphatic carbocycles. The number of rotatable bonds is 7. The molecule has 2 N–H and O–H groups in total. The molecule has 0 bridgehead atoms. The van der Waals surface area contributed by atoms with Gasteiger partial charge in [0.1, 0.15) is 18.5 Å². The van der Waals surface area contributed by atoms with Crippen LogP contribution in [-0.4, -0.2) is 65.7 Å². The molecule has 4 heterocycles. The Labute approximate surface area is 240 Å². The first kappa shape index (κ1) is 28.0. The molecular weight excluding hydrogens is 547 g/mol. The third kappa shape index (κ3) is 5.17. The molecule has 42 heavy (non-hydrogen) atoms. The summed E-state index contributed by atoms with van der Waals surface area (Å²) in [6.45, 7) is 4.08. The molecule has 13 heteroatoms. The summed E-state index contributed by atoms with van der Waals surface area (Å²) < 4.78 is 47.3. The number of aryl methyl sites for hydroxylation is 1. The predicted molar refractivity (Wildman–Crippen MR) is 152 cm³/mol. The zero-order valence-electron chi connectivity index (χ0n) is 23.6. The van der Waals surface area contributed by atoms with Gasteiger partial charge in [-0.1, -0.05) is 18.6 Å². The molecule has 6 rings (SSSR count). The van der Waals surface area contributed by atoms with Crippen LogP contribution in [0.3, 0.4) is 0 Å². The summed E-state index contributed by atoms with van der Waals surface area (Å²) in [5.41, 5.74) is 5.74. The monoisotopic (exact) mass is 581 g/mol. The molecule has 10 nitrogen and oxygen atoms in total. The van der Waals surface area contributed by atoms with E-state index in [1.165, 1.54) is 23.3 Å². The SMILES string of the molecule is CC1CN(Cc2cc(C(F)(F)F)c3cn(-c4cccc([C@H](c5nncn5C)C5CCC5)c4)c(=O)n3c2)CCN1/N=C\N. The van der Waals surface area contributed by atoms with Gasteiger partial charge >= 0.3 is 11.9 Å². The highest BCUT2D eigenvalue weighted by Gasteiger charge is 2.36. The number of hydrazone groups is 1. The Morgan fingerprint density at radius 3 is 2.64 bits per heavy atom. The summed E-state index contributed by atoms with van der Waals surface area (Å²) >= 11 is 0. The van der Waals surface area contributed by atoms with Crippen LogP contribution in [0, 0.1) is 5.92 Å². The van der Waals surface area contributed by atoms with Gasteiger partial charge in [-0.25, -0.2) is 4.79 Å². The molecule has 1 aliphatic heterocycles. The lowest BCUT2D eigenvalue weighted by atomic mass is 9.72. The summed E-state index contributed by atoms with van der Waals surface area (Å²) in [4.78, 5) is 15.7. The normalized spacial score (nSPS) is 19.5. The number of benzene rings is 1. The van der Waals surface area contributed by atoms with Crippen LogP contribution in [-0.2, 0) is 19.8 Å². The average Bonchev–Trinajstić information content (AvgIpc) is 3.49. The number of piperazine rings is 1. The number of nitrogens with zero attached hydrogens (tertiary/aromatic N) is 8. The fourth-order valence-corrected chi connectivity index (χ4v) is 6.27. The second kappa shape index (κ2) is 10.9. The standard InChI is InChI=1S/C29H34F3N9O/c1-19-13-38(9-10-41(19)35-17-33)14-20-11-24(29(30,31)32)25-16-39(28(42)40(25)15-20)23-8-4-7-22(12-23)26(21-5-3-6-21)27-36-34-18-37(27)2/h4,7-8,11-12,15-19,21,26H,3,5-6,9-10,13-14H2,1-2H3,(H2,33,35)/t19?,26-/m1/s1. The fourth-order valence-electron chi connectivity index (χ4n) is 6.27. The molecule has 0 radical (unpaired) electrons. The van der Waals surface area contributed by atoms with Crippen molar-refractivity contribution in [3.05, 3.63) is 82.1 Å². The van der Waals surface area contributed by atoms with Crippen LogP contribution in [0.4, 0.5) is 13.2 Å². The van der Waals surface area contributed by atoms with Gasteiger partial charge in [0, 0.05) is 51.5 Å². The highest BCUT2D eigenvalue weighted by atomic mass is 19.4. The number of fused-ring (bicyclic) bond motifs is 1. The summed E-state index contributed by atoms with van der Waals surface area (Å²) in [7, 11) is 1.90. The van der Waals surface area contributed by atoms with Gasteiger partial charge < -0.3 is 10.3 Å². The number of halogens is 3. The molecule has 222 valence electrons. The van der Waals surface area contributed by atoms with E-state index >= 15 is 0 Å². The Bertz CT molecular complexity index is 1670. The second-order valence-electron chi connectivity index (χ2n) is 11.4. The molecule has 2 atom stereocenters. The number of imidazole rings is 1. The molecule has 1 aromatic carbocycles. The van der Waals surface area contributed by atoms with E-state index in [4.69, 9.17) is 5.73 Å². The van der Waals surface area contributed by atoms with Crippen LogP contribution in [0.15, 0.2) is 58.9 Å². The number of alkyl halides is 3. The van der Waals surface area contributed by atoms with Crippen LogP contribution in [0.25, 0.3) is 11.2 Å². The lowest BCUT2D eigenvalue weighted by Gasteiger charge is -2.38. The van der Waals surface area contributed by atoms with E-state index in [0.717, 1.165) is 41.1 Å². The van der Waals surface area contributed by atoms with Gasteiger partial charge in [0.2, 0.25) is 0 Å². The van der Waals surface area contributed by atoms with Crippen molar-refractivity contribution in [1.82, 2.24) is 33.6 Å². The van der Waals surface area contributed by atoms with Crippen molar-refractivity contribution in [2.45, 2.75) is 50.9 Å². The molecule has 1 saturated carbocycles. The van der Waals surface area contributed by atoms with E-state index in [0.29, 0.717) is 36.8 Å². The van der Waals surface area contributed by atoms with Crippen LogP contribution in [0.5, 0.6) is 0 Å². The van der Waals surface area contributed by atoms with E-state index in [1.807, 2.05) is 41.7 Å². The molecule has 4 aromatic rings. The minimum Gasteiger partial charge on any atom is -0.388 e. The Hall–Kier alpha value is -4.13. The molecule has 1 saturated heterocycles. The summed E-state index contributed by atoms with van der Waals surface area (Å²) in [6.07, 6.45) is 4.35. The first-order chi connectivity index (χ1) is 20.1. The predicted octanol–water partition coefficient (Wildman–Crippen LogP) is 3.58. The van der Waals surface area contributed by atoms with Crippen LogP contribution >= 0.6 is 0 Å². The molecular formula is C29H34F3N9O. The highest BCUT2D eigenvalue weighted by molar-refractivity contribution is 5.58. The third-order valence-electron chi connectivity index (χ3n) is 8.58. The molecule has 2 fully saturated rings. The Kier molecular flexibility index (Phi) is 7.29. The molecule has 2 aliphatic rings. The van der Waals surface area contributed by atoms with Crippen molar-refractivity contribution in [3.63, 3.8) is 0 Å². The van der Waals surface area contributed by atoms with E-state index in [-0.39, 0.29) is 24.0 Å². The smallest absolute Gasteiger partial charge is 0.388 e. The Balaban J connectivity index is 1.37. The van der Waals surface area contributed by atoms with Gasteiger partial charge in [-0.15, -0.1) is 10.2 Å². The quantitative estimate of drug-likeness (QED) is 0.265. The lowest BCUT2D eigenvalue weighted by molar-refractivity contribution is -0.136. The maximum atomic E-state index is 14.3. The van der Waals surface area contributed by atoms with Crippen molar-refractivity contribution >= 4 is 11.9 Å². The van der Waals surface area contributed by atoms with Gasteiger partial charge in [0.05, 0.1) is 22.8 Å². The maximum absolute atomic E-state index is 14.3. The van der Waals surface area contributed by atoms with Gasteiger partial charge in [-0.2, -0.15) is 18.3 Å². The molecule has 3 aromatic heterocycles. The van der Waals surface area contributed by atoms with Gasteiger partial charge in [0.15, 0.2) is 0 Å². The number of nitrogens with two attached hydrogens (primary N) is 1. The lowest BCUT2D eigenvalue weighted by Crippen LogP contribution is -2.49. The molecule has 0 amide bonds. The van der Waals surface area contributed by atoms with Gasteiger partial charge in [0.25, 0.3) is 0 Å². The number of pyridine rings is 1. The van der Waals surface area contributed by atoms with Crippen molar-refractivity contribution in [2.24, 2.45) is 23.8 Å². The zero-order chi connectivity index (χ0) is 29.6. The first-order valence-corrected chi connectivity index (χ1v) is 14.1. The Morgan fingerprint density at radius 1 is 1.19 bits per heavy atom. The average molecular weight is 582 g/mol. The van der Waals surface area contributed by atoms with Crippen LogP contribution < -0.4 is 11.4 Å². The minimum absolute atomic E-state index is 0.0188. The summed E-state index contributed by atoms with van der Waals surface area (Å²) in [5, 5.41) is 14.4. The third-order valence-corrected chi connectivity index (χ3v) is 8.58. The topological polar surface area (TPSA) is 102 Å². The van der Waals surface area contributed by atoms with E-state index in [2.05, 4.69) is 20.2 Å². The first-order valence-electron chi connectivity index (χ1n) is 14.1. The van der Waals surface area contributed by atoms with E-state index in [9.17, 15) is 18.0 Å². The number of hydrogen-bond donors (Lipinski definition) is 1. The molecule has 0 spiro atoms. The summed E-state index contributed by atoms with van der Waals surface area (Å²) in [5.74, 6) is 1.20. The van der Waals surface area contributed by atoms with Crippen molar-refractivity contribution < 1.29 is 13.2 Å². The largest absolute Gasteiger partial charge is 0.418 e. The minimum atomic E-state index is -4.63. The van der Waals surface area contributed by atoms with Crippen molar-refractivity contribution in [3.8, 4) is 5.69 Å². The fraction of sp³-hybridized carbons (Fsp3) is 0.448. The van der Waals surface area contributed by atoms with Crippen molar-refractivity contribution in [1.29, 1.82) is 0 Å². The van der Waals surface area contributed by atoms with Gasteiger partial charge in [-0.05, 0) is 55.0 Å². The van der Waals surface area contributed by atoms with Crippen LogP contribution in [0.1, 0.15) is 54.6 Å². The van der Waals surface area contributed by atoms with E-state index in [1.54, 1.807) is 12.4 Å². The van der Waals surface area contributed by atoms with Crippen molar-refractivity contribution in [2.75, 3.05) is 19.6 Å². The van der Waals surface area contributed by atoms with E-state index < -0.39 is 17.4 Å². The van der Waals surface area contributed by atoms with Gasteiger partial charge in [-0.3, -0.25) is 18.9 Å².